The molecule has 23 heavy (non-hydrogen) atoms. The predicted molar refractivity (Wildman–Crippen MR) is 81.7 cm³/mol. The molecule has 0 saturated heterocycles. The summed E-state index contributed by atoms with van der Waals surface area (Å²) in [5.74, 6) is -2.74. The lowest BCUT2D eigenvalue weighted by molar-refractivity contribution is -0.150. The average Bonchev–Trinajstić information content (AvgIpc) is 2.92. The van der Waals surface area contributed by atoms with E-state index in [1.807, 2.05) is 0 Å². The minimum atomic E-state index is -1.20. The second kappa shape index (κ2) is 5.73. The molecule has 2 N–H and O–H groups in total. The van der Waals surface area contributed by atoms with Crippen molar-refractivity contribution < 1.29 is 29.0 Å². The van der Waals surface area contributed by atoms with E-state index in [-0.39, 0.29) is 17.2 Å². The summed E-state index contributed by atoms with van der Waals surface area (Å²) >= 11 is 1.06. The van der Waals surface area contributed by atoms with E-state index in [2.05, 4.69) is 10.1 Å². The van der Waals surface area contributed by atoms with Crippen molar-refractivity contribution in [2.45, 2.75) is 6.61 Å². The van der Waals surface area contributed by atoms with Crippen LogP contribution in [0.3, 0.4) is 0 Å². The molecule has 1 aliphatic heterocycles. The van der Waals surface area contributed by atoms with E-state index in [1.54, 1.807) is 24.3 Å². The number of amides is 1. The molecule has 1 aromatic heterocycles. The number of carboxylic acid groups (broad SMARTS) is 1. The molecule has 7 nitrogen and oxygen atoms in total. The molecule has 1 aliphatic rings. The van der Waals surface area contributed by atoms with Crippen LogP contribution in [0.2, 0.25) is 0 Å². The van der Waals surface area contributed by atoms with Gasteiger partial charge in [-0.15, -0.1) is 11.3 Å². The monoisotopic (exact) mass is 333 g/mol. The van der Waals surface area contributed by atoms with Crippen LogP contribution in [0.25, 0.3) is 11.1 Å². The van der Waals surface area contributed by atoms with Crippen LogP contribution in [0.4, 0.5) is 5.00 Å². The topological polar surface area (TPSA) is 102 Å². The number of esters is 1. The molecular weight excluding hydrogens is 322 g/mol. The molecule has 118 valence electrons. The minimum absolute atomic E-state index is 0.0574. The largest absolute Gasteiger partial charge is 0.487 e. The quantitative estimate of drug-likeness (QED) is 0.645. The zero-order chi connectivity index (χ0) is 16.6. The zero-order valence-electron chi connectivity index (χ0n) is 11.9. The standard InChI is InChI=1S/C15H11NO6S/c1-21-15(20)12(17)16-13-11(14(18)19)10-7-4-2-3-5-8(7)22-6-9(10)23-13/h2-5H,6H2,1H3,(H,16,17)(H,18,19). The number of carboxylic acids is 1. The van der Waals surface area contributed by atoms with Crippen LogP contribution in [0, 0.1) is 0 Å². The summed E-state index contributed by atoms with van der Waals surface area (Å²) in [5, 5.41) is 11.9. The highest BCUT2D eigenvalue weighted by Gasteiger charge is 2.30. The van der Waals surface area contributed by atoms with Crippen molar-refractivity contribution in [3.8, 4) is 16.9 Å². The van der Waals surface area contributed by atoms with Gasteiger partial charge in [-0.2, -0.15) is 0 Å². The van der Waals surface area contributed by atoms with Crippen LogP contribution in [0.15, 0.2) is 24.3 Å². The van der Waals surface area contributed by atoms with Gasteiger partial charge in [-0.3, -0.25) is 4.79 Å². The van der Waals surface area contributed by atoms with Crippen molar-refractivity contribution in [2.24, 2.45) is 0 Å². The van der Waals surface area contributed by atoms with E-state index >= 15 is 0 Å². The van der Waals surface area contributed by atoms with Crippen molar-refractivity contribution in [3.05, 3.63) is 34.7 Å². The Balaban J connectivity index is 2.11. The number of nitrogens with one attached hydrogen (secondary N) is 1. The number of hydrogen-bond donors (Lipinski definition) is 2. The van der Waals surface area contributed by atoms with E-state index < -0.39 is 17.8 Å². The fourth-order valence-electron chi connectivity index (χ4n) is 2.35. The lowest BCUT2D eigenvalue weighted by atomic mass is 9.98. The summed E-state index contributed by atoms with van der Waals surface area (Å²) in [6.45, 7) is 0.200. The summed E-state index contributed by atoms with van der Waals surface area (Å²) < 4.78 is 9.91. The molecule has 0 atom stereocenters. The number of anilines is 1. The molecule has 2 aromatic rings. The fraction of sp³-hybridized carbons (Fsp3) is 0.133. The number of methoxy groups -OCH3 is 1. The number of carbonyl (C=O) groups excluding carboxylic acids is 2. The first-order valence-electron chi connectivity index (χ1n) is 6.53. The Kier molecular flexibility index (Phi) is 3.75. The maximum atomic E-state index is 11.7. The van der Waals surface area contributed by atoms with Gasteiger partial charge in [0.05, 0.1) is 12.0 Å². The van der Waals surface area contributed by atoms with E-state index in [4.69, 9.17) is 4.74 Å². The average molecular weight is 333 g/mol. The van der Waals surface area contributed by atoms with Crippen molar-refractivity contribution in [1.29, 1.82) is 0 Å². The molecule has 1 aromatic carbocycles. The van der Waals surface area contributed by atoms with Crippen LogP contribution in [-0.4, -0.2) is 30.1 Å². The van der Waals surface area contributed by atoms with E-state index in [0.717, 1.165) is 18.4 Å². The molecule has 0 spiro atoms. The molecule has 0 saturated carbocycles. The Morgan fingerprint density at radius 2 is 2.04 bits per heavy atom. The van der Waals surface area contributed by atoms with E-state index in [0.29, 0.717) is 21.8 Å². The van der Waals surface area contributed by atoms with Crippen LogP contribution in [-0.2, 0) is 20.9 Å². The molecule has 0 radical (unpaired) electrons. The van der Waals surface area contributed by atoms with Gasteiger partial charge in [-0.25, -0.2) is 9.59 Å². The summed E-state index contributed by atoms with van der Waals surface area (Å²) in [6, 6.07) is 7.05. The second-order valence-corrected chi connectivity index (χ2v) is 5.75. The summed E-state index contributed by atoms with van der Waals surface area (Å²) in [7, 11) is 1.07. The van der Waals surface area contributed by atoms with Gasteiger partial charge in [0.2, 0.25) is 0 Å². The number of ether oxygens (including phenoxy) is 2. The Hall–Kier alpha value is -2.87. The maximum absolute atomic E-state index is 11.7. The summed E-state index contributed by atoms with van der Waals surface area (Å²) in [4.78, 5) is 35.3. The Morgan fingerprint density at radius 1 is 1.30 bits per heavy atom. The first kappa shape index (κ1) is 15.0. The minimum Gasteiger partial charge on any atom is -0.487 e. The third-order valence-electron chi connectivity index (χ3n) is 3.31. The predicted octanol–water partition coefficient (Wildman–Crippen LogP) is 2.12. The molecule has 2 heterocycles. The normalized spacial score (nSPS) is 11.7. The van der Waals surface area contributed by atoms with E-state index in [1.165, 1.54) is 0 Å². The van der Waals surface area contributed by atoms with Gasteiger partial charge in [0.15, 0.2) is 0 Å². The highest BCUT2D eigenvalue weighted by molar-refractivity contribution is 7.17. The maximum Gasteiger partial charge on any atom is 0.396 e. The molecular formula is C15H11NO6S. The van der Waals surface area contributed by atoms with Gasteiger partial charge in [0, 0.05) is 11.1 Å². The lowest BCUT2D eigenvalue weighted by Crippen LogP contribution is -2.24. The van der Waals surface area contributed by atoms with Crippen molar-refractivity contribution in [2.75, 3.05) is 12.4 Å². The van der Waals surface area contributed by atoms with Crippen LogP contribution >= 0.6 is 11.3 Å². The number of hydrogen-bond acceptors (Lipinski definition) is 6. The molecule has 8 heteroatoms. The summed E-state index contributed by atoms with van der Waals surface area (Å²) in [6.07, 6.45) is 0. The van der Waals surface area contributed by atoms with Crippen molar-refractivity contribution >= 4 is 34.2 Å². The van der Waals surface area contributed by atoms with Crippen LogP contribution < -0.4 is 10.1 Å². The second-order valence-electron chi connectivity index (χ2n) is 4.64. The van der Waals surface area contributed by atoms with Gasteiger partial charge in [0.25, 0.3) is 0 Å². The van der Waals surface area contributed by atoms with Gasteiger partial charge in [-0.05, 0) is 6.07 Å². The smallest absolute Gasteiger partial charge is 0.396 e. The highest BCUT2D eigenvalue weighted by Crippen LogP contribution is 2.46. The Morgan fingerprint density at radius 3 is 2.74 bits per heavy atom. The first-order valence-corrected chi connectivity index (χ1v) is 7.35. The highest BCUT2D eigenvalue weighted by atomic mass is 32.1. The molecule has 3 rings (SSSR count). The SMILES string of the molecule is COC(=O)C(=O)Nc1sc2c(c1C(=O)O)-c1ccccc1OC2. The molecule has 1 amide bonds. The van der Waals surface area contributed by atoms with Gasteiger partial charge >= 0.3 is 17.8 Å². The third-order valence-corrected chi connectivity index (χ3v) is 4.39. The van der Waals surface area contributed by atoms with Gasteiger partial charge in [0.1, 0.15) is 22.9 Å². The number of rotatable bonds is 2. The Bertz CT molecular complexity index is 825. The molecule has 0 unspecified atom stereocenters. The molecule has 0 bridgehead atoms. The number of fused-ring (bicyclic) bond motifs is 3. The zero-order valence-corrected chi connectivity index (χ0v) is 12.7. The van der Waals surface area contributed by atoms with Gasteiger partial charge < -0.3 is 19.9 Å². The summed E-state index contributed by atoms with van der Waals surface area (Å²) in [5.41, 5.74) is 1.09. The van der Waals surface area contributed by atoms with Crippen molar-refractivity contribution in [3.63, 3.8) is 0 Å². The fourth-order valence-corrected chi connectivity index (χ4v) is 3.46. The Labute approximate surface area is 134 Å². The van der Waals surface area contributed by atoms with E-state index in [9.17, 15) is 19.5 Å². The van der Waals surface area contributed by atoms with Crippen LogP contribution in [0.1, 0.15) is 15.2 Å². The molecule has 0 fully saturated rings. The first-order chi connectivity index (χ1) is 11.0. The number of benzene rings is 1. The number of carbonyl (C=O) groups is 3. The number of aromatic carboxylic acids is 1. The van der Waals surface area contributed by atoms with Crippen LogP contribution in [0.5, 0.6) is 5.75 Å². The third kappa shape index (κ3) is 2.53. The van der Waals surface area contributed by atoms with Gasteiger partial charge in [-0.1, -0.05) is 18.2 Å². The van der Waals surface area contributed by atoms with Crippen molar-refractivity contribution in [1.82, 2.24) is 0 Å². The molecule has 0 aliphatic carbocycles. The number of para-hydroxylation sites is 1. The number of thiophene rings is 1. The lowest BCUT2D eigenvalue weighted by Gasteiger charge is -2.17.